The first-order valence-electron chi connectivity index (χ1n) is 8.14. The standard InChI is InChI=1S/C20H20N4O2/c1-26-17-9-7-15(8-10-17)20(25)24-16-5-2-4-14(12-16)13-23-18-6-3-11-22-19(18)21/h2-12,23H,13H2,1H3,(H2,21,22)(H,24,25). The molecule has 0 radical (unpaired) electrons. The third-order valence-electron chi connectivity index (χ3n) is 3.86. The Hall–Kier alpha value is -3.54. The van der Waals surface area contributed by atoms with Crippen LogP contribution < -0.4 is 21.1 Å². The molecule has 0 fully saturated rings. The van der Waals surface area contributed by atoms with Crippen LogP contribution in [0.5, 0.6) is 5.75 Å². The zero-order valence-corrected chi connectivity index (χ0v) is 14.4. The number of hydrogen-bond donors (Lipinski definition) is 3. The fraction of sp³-hybridized carbons (Fsp3) is 0.100. The fourth-order valence-corrected chi connectivity index (χ4v) is 2.47. The van der Waals surface area contributed by atoms with Gasteiger partial charge in [0.05, 0.1) is 12.8 Å². The number of nitrogens with zero attached hydrogens (tertiary/aromatic N) is 1. The lowest BCUT2D eigenvalue weighted by molar-refractivity contribution is 0.102. The third-order valence-corrected chi connectivity index (χ3v) is 3.86. The van der Waals surface area contributed by atoms with E-state index in [0.717, 1.165) is 16.9 Å². The van der Waals surface area contributed by atoms with Crippen molar-refractivity contribution in [1.82, 2.24) is 4.98 Å². The van der Waals surface area contributed by atoms with Gasteiger partial charge in [-0.05, 0) is 54.1 Å². The van der Waals surface area contributed by atoms with E-state index in [9.17, 15) is 4.79 Å². The van der Waals surface area contributed by atoms with Crippen molar-refractivity contribution < 1.29 is 9.53 Å². The van der Waals surface area contributed by atoms with Crippen molar-refractivity contribution in [2.45, 2.75) is 6.54 Å². The van der Waals surface area contributed by atoms with Gasteiger partial charge in [0.2, 0.25) is 0 Å². The molecule has 4 N–H and O–H groups in total. The van der Waals surface area contributed by atoms with E-state index < -0.39 is 0 Å². The van der Waals surface area contributed by atoms with Crippen LogP contribution in [-0.2, 0) is 6.54 Å². The molecule has 6 heteroatoms. The highest BCUT2D eigenvalue weighted by atomic mass is 16.5. The molecular formula is C20H20N4O2. The predicted molar refractivity (Wildman–Crippen MR) is 103 cm³/mol. The zero-order valence-electron chi connectivity index (χ0n) is 14.4. The maximum atomic E-state index is 12.4. The number of anilines is 3. The number of ether oxygens (including phenoxy) is 1. The van der Waals surface area contributed by atoms with Crippen LogP contribution >= 0.6 is 0 Å². The molecule has 1 amide bonds. The van der Waals surface area contributed by atoms with Crippen LogP contribution in [0.2, 0.25) is 0 Å². The van der Waals surface area contributed by atoms with Crippen molar-refractivity contribution in [3.05, 3.63) is 78.0 Å². The summed E-state index contributed by atoms with van der Waals surface area (Å²) in [5.74, 6) is 0.995. The highest BCUT2D eigenvalue weighted by molar-refractivity contribution is 6.04. The first kappa shape index (κ1) is 17.3. The van der Waals surface area contributed by atoms with Crippen LogP contribution in [0.1, 0.15) is 15.9 Å². The Kier molecular flexibility index (Phi) is 5.34. The normalized spacial score (nSPS) is 10.2. The molecule has 0 aliphatic rings. The van der Waals surface area contributed by atoms with E-state index in [1.807, 2.05) is 36.4 Å². The van der Waals surface area contributed by atoms with Crippen molar-refractivity contribution >= 4 is 23.1 Å². The van der Waals surface area contributed by atoms with Gasteiger partial charge in [-0.25, -0.2) is 4.98 Å². The summed E-state index contributed by atoms with van der Waals surface area (Å²) in [5, 5.41) is 6.14. The lowest BCUT2D eigenvalue weighted by Gasteiger charge is -2.10. The van der Waals surface area contributed by atoms with Crippen molar-refractivity contribution in [3.8, 4) is 5.75 Å². The van der Waals surface area contributed by atoms with E-state index >= 15 is 0 Å². The molecule has 1 heterocycles. The molecule has 132 valence electrons. The number of rotatable bonds is 6. The van der Waals surface area contributed by atoms with Gasteiger partial charge in [0, 0.05) is 24.0 Å². The van der Waals surface area contributed by atoms with Crippen LogP contribution in [0, 0.1) is 0 Å². The molecule has 1 aromatic heterocycles. The minimum atomic E-state index is -0.172. The van der Waals surface area contributed by atoms with Gasteiger partial charge in [0.1, 0.15) is 11.6 Å². The monoisotopic (exact) mass is 348 g/mol. The number of benzene rings is 2. The fourth-order valence-electron chi connectivity index (χ4n) is 2.47. The Morgan fingerprint density at radius 2 is 1.92 bits per heavy atom. The summed E-state index contributed by atoms with van der Waals surface area (Å²) < 4.78 is 5.10. The van der Waals surface area contributed by atoms with Crippen LogP contribution in [0.25, 0.3) is 0 Å². The summed E-state index contributed by atoms with van der Waals surface area (Å²) in [5.41, 5.74) is 8.91. The molecule has 26 heavy (non-hydrogen) atoms. The Labute approximate surface area is 152 Å². The van der Waals surface area contributed by atoms with E-state index in [1.165, 1.54) is 0 Å². The quantitative estimate of drug-likeness (QED) is 0.634. The Balaban J connectivity index is 1.65. The van der Waals surface area contributed by atoms with Crippen molar-refractivity contribution in [2.75, 3.05) is 23.5 Å². The molecule has 3 rings (SSSR count). The molecule has 2 aromatic carbocycles. The van der Waals surface area contributed by atoms with Crippen LogP contribution in [0.4, 0.5) is 17.2 Å². The average Bonchev–Trinajstić information content (AvgIpc) is 2.68. The summed E-state index contributed by atoms with van der Waals surface area (Å²) in [7, 11) is 1.59. The lowest BCUT2D eigenvalue weighted by atomic mass is 10.1. The van der Waals surface area contributed by atoms with E-state index in [-0.39, 0.29) is 5.91 Å². The van der Waals surface area contributed by atoms with E-state index in [1.54, 1.807) is 37.6 Å². The number of carbonyl (C=O) groups excluding carboxylic acids is 1. The van der Waals surface area contributed by atoms with Gasteiger partial charge in [-0.3, -0.25) is 4.79 Å². The molecule has 0 aliphatic heterocycles. The van der Waals surface area contributed by atoms with Crippen molar-refractivity contribution in [3.63, 3.8) is 0 Å². The molecule has 0 bridgehead atoms. The summed E-state index contributed by atoms with van der Waals surface area (Å²) in [6.45, 7) is 0.572. The number of aromatic nitrogens is 1. The number of amides is 1. The minimum absolute atomic E-state index is 0.172. The number of nitrogens with one attached hydrogen (secondary N) is 2. The third kappa shape index (κ3) is 4.30. The molecule has 0 saturated heterocycles. The van der Waals surface area contributed by atoms with Crippen LogP contribution in [0.15, 0.2) is 66.9 Å². The SMILES string of the molecule is COc1ccc(C(=O)Nc2cccc(CNc3cccnc3N)c2)cc1. The Morgan fingerprint density at radius 3 is 2.65 bits per heavy atom. The molecule has 0 atom stereocenters. The number of carbonyl (C=O) groups is 1. The second-order valence-corrected chi connectivity index (χ2v) is 5.67. The topological polar surface area (TPSA) is 89.3 Å². The number of nitrogens with two attached hydrogens (primary N) is 1. The smallest absolute Gasteiger partial charge is 0.255 e. The van der Waals surface area contributed by atoms with Gasteiger partial charge in [0.25, 0.3) is 5.91 Å². The van der Waals surface area contributed by atoms with Crippen LogP contribution in [0.3, 0.4) is 0 Å². The largest absolute Gasteiger partial charge is 0.497 e. The first-order valence-corrected chi connectivity index (χ1v) is 8.14. The molecule has 3 aromatic rings. The minimum Gasteiger partial charge on any atom is -0.497 e. The second kappa shape index (κ2) is 8.02. The molecule has 0 unspecified atom stereocenters. The van der Waals surface area contributed by atoms with Gasteiger partial charge < -0.3 is 21.1 Å². The Morgan fingerprint density at radius 1 is 1.12 bits per heavy atom. The molecule has 0 aliphatic carbocycles. The van der Waals surface area contributed by atoms with Crippen molar-refractivity contribution in [2.24, 2.45) is 0 Å². The van der Waals surface area contributed by atoms with E-state index in [2.05, 4.69) is 15.6 Å². The Bertz CT molecular complexity index is 894. The van der Waals surface area contributed by atoms with Gasteiger partial charge in [0.15, 0.2) is 0 Å². The van der Waals surface area contributed by atoms with Gasteiger partial charge >= 0.3 is 0 Å². The lowest BCUT2D eigenvalue weighted by Crippen LogP contribution is -2.12. The maximum Gasteiger partial charge on any atom is 0.255 e. The molecule has 0 spiro atoms. The van der Waals surface area contributed by atoms with E-state index in [0.29, 0.717) is 23.7 Å². The molecule has 6 nitrogen and oxygen atoms in total. The highest BCUT2D eigenvalue weighted by Crippen LogP contribution is 2.18. The summed E-state index contributed by atoms with van der Waals surface area (Å²) in [6, 6.07) is 18.3. The first-order chi connectivity index (χ1) is 12.7. The average molecular weight is 348 g/mol. The summed E-state index contributed by atoms with van der Waals surface area (Å²) in [4.78, 5) is 16.4. The van der Waals surface area contributed by atoms with Gasteiger partial charge in [-0.2, -0.15) is 0 Å². The molecule has 0 saturated carbocycles. The number of hydrogen-bond acceptors (Lipinski definition) is 5. The number of pyridine rings is 1. The number of nitrogen functional groups attached to an aromatic ring is 1. The van der Waals surface area contributed by atoms with Crippen molar-refractivity contribution in [1.29, 1.82) is 0 Å². The number of methoxy groups -OCH3 is 1. The molecular weight excluding hydrogens is 328 g/mol. The summed E-state index contributed by atoms with van der Waals surface area (Å²) >= 11 is 0. The van der Waals surface area contributed by atoms with Crippen LogP contribution in [-0.4, -0.2) is 18.0 Å². The van der Waals surface area contributed by atoms with E-state index in [4.69, 9.17) is 10.5 Å². The predicted octanol–water partition coefficient (Wildman–Crippen LogP) is 3.54. The van der Waals surface area contributed by atoms with Gasteiger partial charge in [-0.1, -0.05) is 12.1 Å². The zero-order chi connectivity index (χ0) is 18.4. The maximum absolute atomic E-state index is 12.4. The summed E-state index contributed by atoms with van der Waals surface area (Å²) in [6.07, 6.45) is 1.65. The second-order valence-electron chi connectivity index (χ2n) is 5.67. The van der Waals surface area contributed by atoms with Gasteiger partial charge in [-0.15, -0.1) is 0 Å². The highest BCUT2D eigenvalue weighted by Gasteiger charge is 2.07.